The van der Waals surface area contributed by atoms with E-state index in [2.05, 4.69) is 16.5 Å². The highest BCUT2D eigenvalue weighted by molar-refractivity contribution is 6.05. The first-order chi connectivity index (χ1) is 17.3. The van der Waals surface area contributed by atoms with Crippen molar-refractivity contribution < 1.29 is 27.8 Å². The highest BCUT2D eigenvalue weighted by Gasteiger charge is 2.57. The van der Waals surface area contributed by atoms with Crippen molar-refractivity contribution in [3.8, 4) is 22.8 Å². The van der Waals surface area contributed by atoms with Gasteiger partial charge in [-0.05, 0) is 48.2 Å². The quantitative estimate of drug-likeness (QED) is 0.458. The Labute approximate surface area is 206 Å². The molecule has 0 unspecified atom stereocenters. The summed E-state index contributed by atoms with van der Waals surface area (Å²) in [4.78, 5) is 35.3. The van der Waals surface area contributed by atoms with Crippen molar-refractivity contribution in [2.45, 2.75) is 31.2 Å². The number of rotatable bonds is 7. The molecule has 2 aliphatic rings. The lowest BCUT2D eigenvalue weighted by atomic mass is 9.85. The van der Waals surface area contributed by atoms with Crippen LogP contribution in [0.1, 0.15) is 29.7 Å². The van der Waals surface area contributed by atoms with Gasteiger partial charge in [0.15, 0.2) is 28.9 Å². The molecule has 1 aliphatic heterocycles. The first-order valence-corrected chi connectivity index (χ1v) is 11.3. The zero-order valence-electron chi connectivity index (χ0n) is 19.8. The topological polar surface area (TPSA) is 81.6 Å². The van der Waals surface area contributed by atoms with E-state index >= 15 is 8.78 Å². The van der Waals surface area contributed by atoms with Gasteiger partial charge in [-0.1, -0.05) is 6.58 Å². The molecule has 3 aromatic rings. The summed E-state index contributed by atoms with van der Waals surface area (Å²) in [6.45, 7) is 3.43. The van der Waals surface area contributed by atoms with Gasteiger partial charge in [0.1, 0.15) is 5.69 Å². The number of hydrogen-bond acceptors (Lipinski definition) is 6. The number of fused-ring (bicyclic) bond motifs is 2. The second kappa shape index (κ2) is 8.82. The fourth-order valence-electron chi connectivity index (χ4n) is 4.71. The van der Waals surface area contributed by atoms with Gasteiger partial charge >= 0.3 is 0 Å². The second-order valence-electron chi connectivity index (χ2n) is 8.84. The van der Waals surface area contributed by atoms with Gasteiger partial charge < -0.3 is 14.4 Å². The number of halogens is 2. The monoisotopic (exact) mass is 491 g/mol. The van der Waals surface area contributed by atoms with Gasteiger partial charge in [-0.25, -0.2) is 8.78 Å². The standard InChI is InChI=1S/C27H23F2N3O4/c1-4-18(33)10-17-9-15(5-8-30-17)20-11-19-16(13-31-20)14-32(26(34)27(19)6-7-27)25-23(28)21(35-2)12-22(36-3)24(25)29/h4-5,8-9,11-13H,1,6-7,10,14H2,2-3H3. The molecule has 1 spiro atoms. The van der Waals surface area contributed by atoms with E-state index in [4.69, 9.17) is 9.47 Å². The normalized spacial score (nSPS) is 15.4. The van der Waals surface area contributed by atoms with Crippen LogP contribution in [0.25, 0.3) is 11.3 Å². The maximum Gasteiger partial charge on any atom is 0.238 e. The van der Waals surface area contributed by atoms with Crippen LogP contribution in [-0.4, -0.2) is 35.9 Å². The predicted octanol–water partition coefficient (Wildman–Crippen LogP) is 4.32. The smallest absolute Gasteiger partial charge is 0.238 e. The summed E-state index contributed by atoms with van der Waals surface area (Å²) in [5, 5.41) is 0. The Balaban J connectivity index is 1.56. The number of amides is 1. The van der Waals surface area contributed by atoms with Crippen LogP contribution in [0.4, 0.5) is 14.5 Å². The third-order valence-electron chi connectivity index (χ3n) is 6.75. The summed E-state index contributed by atoms with van der Waals surface area (Å²) in [5.74, 6) is -2.90. The van der Waals surface area contributed by atoms with Crippen molar-refractivity contribution >= 4 is 17.4 Å². The molecule has 1 saturated carbocycles. The fourth-order valence-corrected chi connectivity index (χ4v) is 4.71. The second-order valence-corrected chi connectivity index (χ2v) is 8.84. The fraction of sp³-hybridized carbons (Fsp3) is 0.259. The molecule has 0 N–H and O–H groups in total. The molecule has 1 aliphatic carbocycles. The Morgan fingerprint density at radius 1 is 1.14 bits per heavy atom. The van der Waals surface area contributed by atoms with E-state index in [9.17, 15) is 9.59 Å². The van der Waals surface area contributed by atoms with E-state index in [1.165, 1.54) is 20.3 Å². The Morgan fingerprint density at radius 2 is 1.83 bits per heavy atom. The van der Waals surface area contributed by atoms with Crippen molar-refractivity contribution in [1.29, 1.82) is 0 Å². The molecule has 3 heterocycles. The summed E-state index contributed by atoms with van der Waals surface area (Å²) in [6, 6.07) is 6.52. The molecule has 0 radical (unpaired) electrons. The summed E-state index contributed by atoms with van der Waals surface area (Å²) < 4.78 is 40.6. The van der Waals surface area contributed by atoms with Crippen LogP contribution in [-0.2, 0) is 28.0 Å². The molecule has 184 valence electrons. The average molecular weight is 491 g/mol. The van der Waals surface area contributed by atoms with Crippen molar-refractivity contribution in [2.75, 3.05) is 19.1 Å². The van der Waals surface area contributed by atoms with Crippen molar-refractivity contribution in [3.63, 3.8) is 0 Å². The van der Waals surface area contributed by atoms with Crippen LogP contribution < -0.4 is 14.4 Å². The minimum Gasteiger partial charge on any atom is -0.493 e. The van der Waals surface area contributed by atoms with Crippen LogP contribution in [0.5, 0.6) is 11.5 Å². The number of hydrogen-bond donors (Lipinski definition) is 0. The largest absolute Gasteiger partial charge is 0.493 e. The molecule has 1 amide bonds. The third-order valence-corrected chi connectivity index (χ3v) is 6.75. The van der Waals surface area contributed by atoms with Gasteiger partial charge in [0, 0.05) is 29.7 Å². The number of aromatic nitrogens is 2. The SMILES string of the molecule is C=CC(=O)Cc1cc(-c2cc3c(cn2)CN(c2c(F)c(OC)cc(OC)c2F)C(=O)C32CC2)ccn1. The summed E-state index contributed by atoms with van der Waals surface area (Å²) >= 11 is 0. The third kappa shape index (κ3) is 3.71. The van der Waals surface area contributed by atoms with E-state index in [0.29, 0.717) is 29.8 Å². The van der Waals surface area contributed by atoms with Crippen molar-refractivity contribution in [3.05, 3.63) is 77.8 Å². The highest BCUT2D eigenvalue weighted by atomic mass is 19.1. The van der Waals surface area contributed by atoms with E-state index in [1.54, 1.807) is 24.5 Å². The van der Waals surface area contributed by atoms with E-state index in [0.717, 1.165) is 22.1 Å². The highest BCUT2D eigenvalue weighted by Crippen LogP contribution is 2.55. The molecule has 0 bridgehead atoms. The number of anilines is 1. The number of allylic oxidation sites excluding steroid dienone is 1. The minimum absolute atomic E-state index is 0.0528. The van der Waals surface area contributed by atoms with Crippen LogP contribution in [0, 0.1) is 11.6 Å². The zero-order valence-corrected chi connectivity index (χ0v) is 19.8. The van der Waals surface area contributed by atoms with Crippen LogP contribution >= 0.6 is 0 Å². The Morgan fingerprint density at radius 3 is 2.44 bits per heavy atom. The lowest BCUT2D eigenvalue weighted by Gasteiger charge is -2.35. The number of carbonyl (C=O) groups is 2. The first-order valence-electron chi connectivity index (χ1n) is 11.3. The molecular weight excluding hydrogens is 468 g/mol. The minimum atomic E-state index is -0.966. The van der Waals surface area contributed by atoms with Gasteiger partial charge in [0.2, 0.25) is 5.91 Å². The molecule has 1 aromatic carbocycles. The number of ketones is 1. The van der Waals surface area contributed by atoms with Gasteiger partial charge in [0.05, 0.1) is 38.3 Å². The zero-order chi connectivity index (χ0) is 25.6. The van der Waals surface area contributed by atoms with Gasteiger partial charge in [-0.3, -0.25) is 19.6 Å². The van der Waals surface area contributed by atoms with E-state index in [1.807, 2.05) is 6.07 Å². The number of pyridine rings is 2. The number of nitrogens with zero attached hydrogens (tertiary/aromatic N) is 3. The van der Waals surface area contributed by atoms with Gasteiger partial charge in [-0.15, -0.1) is 0 Å². The molecule has 5 rings (SSSR count). The summed E-state index contributed by atoms with van der Waals surface area (Å²) in [7, 11) is 2.52. The summed E-state index contributed by atoms with van der Waals surface area (Å²) in [5.41, 5.74) is 2.07. The Kier molecular flexibility index (Phi) is 5.78. The molecule has 7 nitrogen and oxygen atoms in total. The average Bonchev–Trinajstić information content (AvgIpc) is 3.69. The first kappa shape index (κ1) is 23.6. The summed E-state index contributed by atoms with van der Waals surface area (Å²) in [6.07, 6.45) is 5.72. The molecular formula is C27H23F2N3O4. The van der Waals surface area contributed by atoms with Crippen molar-refractivity contribution in [2.24, 2.45) is 0 Å². The van der Waals surface area contributed by atoms with Gasteiger partial charge in [0.25, 0.3) is 0 Å². The van der Waals surface area contributed by atoms with Crippen molar-refractivity contribution in [1.82, 2.24) is 9.97 Å². The molecule has 36 heavy (non-hydrogen) atoms. The number of ether oxygens (including phenoxy) is 2. The Hall–Kier alpha value is -4.14. The van der Waals surface area contributed by atoms with E-state index < -0.39 is 22.7 Å². The number of benzene rings is 1. The lowest BCUT2D eigenvalue weighted by molar-refractivity contribution is -0.121. The molecule has 1 fully saturated rings. The number of methoxy groups -OCH3 is 2. The molecule has 9 heteroatoms. The van der Waals surface area contributed by atoms with Crippen LogP contribution in [0.15, 0.2) is 49.3 Å². The van der Waals surface area contributed by atoms with Crippen LogP contribution in [0.2, 0.25) is 0 Å². The van der Waals surface area contributed by atoms with Gasteiger partial charge in [-0.2, -0.15) is 0 Å². The molecule has 0 saturated heterocycles. The Bertz CT molecular complexity index is 1390. The van der Waals surface area contributed by atoms with E-state index in [-0.39, 0.29) is 36.2 Å². The maximum atomic E-state index is 15.2. The lowest BCUT2D eigenvalue weighted by Crippen LogP contribution is -2.45. The number of carbonyl (C=O) groups excluding carboxylic acids is 2. The molecule has 2 aromatic heterocycles. The predicted molar refractivity (Wildman–Crippen MR) is 128 cm³/mol. The maximum absolute atomic E-state index is 15.2. The molecule has 0 atom stereocenters. The van der Waals surface area contributed by atoms with Crippen LogP contribution in [0.3, 0.4) is 0 Å².